The molecule has 0 spiro atoms. The molecule has 0 aliphatic heterocycles. The first-order valence-electron chi connectivity index (χ1n) is 10.2. The van der Waals surface area contributed by atoms with Gasteiger partial charge in [-0.05, 0) is 60.4 Å². The molecule has 12 heteroatoms. The summed E-state index contributed by atoms with van der Waals surface area (Å²) < 4.78 is 51.8. The number of aromatic carboxylic acids is 1. The van der Waals surface area contributed by atoms with E-state index in [-0.39, 0.29) is 81.2 Å². The summed E-state index contributed by atoms with van der Waals surface area (Å²) in [6, 6.07) is 11.1. The van der Waals surface area contributed by atoms with Gasteiger partial charge in [0.25, 0.3) is 0 Å². The average molecular weight is 555 g/mol. The second kappa shape index (κ2) is 16.9. The molecule has 0 fully saturated rings. The van der Waals surface area contributed by atoms with Crippen LogP contribution in [0.4, 0.5) is 0 Å². The molecule has 2 aromatic carbocycles. The zero-order chi connectivity index (χ0) is 25.4. The van der Waals surface area contributed by atoms with Gasteiger partial charge in [-0.15, -0.1) is 0 Å². The Morgan fingerprint density at radius 1 is 0.750 bits per heavy atom. The van der Waals surface area contributed by atoms with E-state index in [9.17, 15) is 26.4 Å². The van der Waals surface area contributed by atoms with Crippen LogP contribution in [0.2, 0.25) is 0 Å². The number of esters is 1. The summed E-state index contributed by atoms with van der Waals surface area (Å²) in [5.74, 6) is -1.25. The van der Waals surface area contributed by atoms with Gasteiger partial charge in [-0.3, -0.25) is 0 Å². The monoisotopic (exact) mass is 554 g/mol. The Labute approximate surface area is 236 Å². The molecule has 36 heavy (non-hydrogen) atoms. The van der Waals surface area contributed by atoms with Crippen molar-refractivity contribution in [1.82, 2.24) is 0 Å². The van der Waals surface area contributed by atoms with E-state index in [1.165, 1.54) is 55.6 Å². The van der Waals surface area contributed by atoms with E-state index in [2.05, 4.69) is 4.74 Å². The number of ether oxygens (including phenoxy) is 1. The molecule has 9 nitrogen and oxygen atoms in total. The molecule has 2 rings (SSSR count). The second-order valence-electron chi connectivity index (χ2n) is 8.20. The molecule has 0 atom stereocenters. The summed E-state index contributed by atoms with van der Waals surface area (Å²) in [5, 5.41) is 8.67. The van der Waals surface area contributed by atoms with Crippen LogP contribution < -0.4 is 29.6 Å². The number of hydrogen-bond donors (Lipinski definition) is 1. The van der Waals surface area contributed by atoms with E-state index < -0.39 is 31.6 Å². The summed E-state index contributed by atoms with van der Waals surface area (Å²) >= 11 is 0. The summed E-state index contributed by atoms with van der Waals surface area (Å²) in [7, 11) is -5.27. The third-order valence-corrected chi connectivity index (χ3v) is 8.39. The Hall–Kier alpha value is -1.76. The zero-order valence-corrected chi connectivity index (χ0v) is 24.4. The normalized spacial score (nSPS) is 10.6. The van der Waals surface area contributed by atoms with Crippen LogP contribution >= 0.6 is 0 Å². The van der Waals surface area contributed by atoms with Crippen LogP contribution in [0.25, 0.3) is 0 Å². The molecule has 0 saturated carbocycles. The van der Waals surface area contributed by atoms with Crippen molar-refractivity contribution in [1.29, 1.82) is 0 Å². The van der Waals surface area contributed by atoms with Crippen molar-refractivity contribution in [2.75, 3.05) is 18.6 Å². The number of methoxy groups -OCH3 is 1. The topological polar surface area (TPSA) is 162 Å². The quantitative estimate of drug-likeness (QED) is 0.373. The number of benzene rings is 2. The molecule has 2 aromatic rings. The summed E-state index contributed by atoms with van der Waals surface area (Å²) in [4.78, 5) is 22.2. The first-order chi connectivity index (χ1) is 15.2. The Morgan fingerprint density at radius 3 is 1.31 bits per heavy atom. The summed E-state index contributed by atoms with van der Waals surface area (Å²) in [6.45, 7) is 7.34. The Kier molecular flexibility index (Phi) is 18.2. The van der Waals surface area contributed by atoms with E-state index in [0.29, 0.717) is 5.56 Å². The molecule has 0 bridgehead atoms. The number of carbonyl (C=O) groups is 2. The van der Waals surface area contributed by atoms with Gasteiger partial charge >= 0.3 is 41.5 Å². The van der Waals surface area contributed by atoms with Gasteiger partial charge in [0.15, 0.2) is 19.7 Å². The van der Waals surface area contributed by atoms with Crippen molar-refractivity contribution in [2.24, 2.45) is 11.8 Å². The van der Waals surface area contributed by atoms with Crippen molar-refractivity contribution < 1.29 is 71.3 Å². The van der Waals surface area contributed by atoms with Gasteiger partial charge in [0, 0.05) is 0 Å². The Bertz CT molecular complexity index is 1160. The molecular weight excluding hydrogens is 519 g/mol. The van der Waals surface area contributed by atoms with Crippen molar-refractivity contribution in [2.45, 2.75) is 44.9 Å². The van der Waals surface area contributed by atoms with Crippen LogP contribution in [0.3, 0.4) is 0 Å². The molecule has 0 saturated heterocycles. The number of carboxylic acid groups (broad SMARTS) is 1. The van der Waals surface area contributed by atoms with Crippen LogP contribution in [0.5, 0.6) is 0 Å². The van der Waals surface area contributed by atoms with E-state index >= 15 is 0 Å². The van der Waals surface area contributed by atoms with Gasteiger partial charge in [0.2, 0.25) is 0 Å². The molecule has 0 aliphatic carbocycles. The molecule has 0 aromatic heterocycles. The molecule has 0 radical (unpaired) electrons. The minimum Gasteiger partial charge on any atom is -0.870 e. The van der Waals surface area contributed by atoms with E-state index in [0.717, 1.165) is 0 Å². The van der Waals surface area contributed by atoms with Gasteiger partial charge in [-0.1, -0.05) is 35.1 Å². The second-order valence-corrected chi connectivity index (χ2v) is 12.3. The minimum absolute atomic E-state index is 0. The van der Waals surface area contributed by atoms with E-state index in [1.807, 2.05) is 27.7 Å². The number of carboxylic acids is 1. The molecule has 0 aliphatic rings. The predicted octanol–water partition coefficient (Wildman–Crippen LogP) is 1.18. The maximum Gasteiger partial charge on any atom is 1.00 e. The Morgan fingerprint density at radius 2 is 1.06 bits per heavy atom. The average Bonchev–Trinajstić information content (AvgIpc) is 2.72. The largest absolute Gasteiger partial charge is 1.00 e. The van der Waals surface area contributed by atoms with Gasteiger partial charge in [0.1, 0.15) is 0 Å². The number of sulfone groups is 2. The zero-order valence-electron chi connectivity index (χ0n) is 20.8. The van der Waals surface area contributed by atoms with Gasteiger partial charge in [-0.25, -0.2) is 26.4 Å². The maximum absolute atomic E-state index is 11.9. The predicted molar refractivity (Wildman–Crippen MR) is 134 cm³/mol. The fourth-order valence-electron chi connectivity index (χ4n) is 2.79. The van der Waals surface area contributed by atoms with Crippen molar-refractivity contribution in [3.63, 3.8) is 0 Å². The third-order valence-electron chi connectivity index (χ3n) is 4.20. The van der Waals surface area contributed by atoms with E-state index in [4.69, 9.17) is 5.11 Å². The summed E-state index contributed by atoms with van der Waals surface area (Å²) in [6.07, 6.45) is 0. The molecule has 0 unspecified atom stereocenters. The third kappa shape index (κ3) is 12.5. The van der Waals surface area contributed by atoms with Gasteiger partial charge in [-0.2, -0.15) is 0 Å². The number of hydrogen-bond acceptors (Lipinski definition) is 8. The Balaban J connectivity index is -0.000000559. The molecular formula is C24H35NaO9S2. The molecule has 0 amide bonds. The molecule has 0 heterocycles. The van der Waals surface area contributed by atoms with Crippen LogP contribution in [0.1, 0.15) is 55.8 Å². The molecule has 198 valence electrons. The smallest absolute Gasteiger partial charge is 0.870 e. The SMILES string of the molecule is C.CC(C)CS(=O)(=O)c1ccc(C(=O)O)cc1.COC(=O)c1ccc(S(=O)(=O)CC(C)C)cc1.[Na+].[OH-]. The van der Waals surface area contributed by atoms with Crippen LogP contribution in [0.15, 0.2) is 58.3 Å². The van der Waals surface area contributed by atoms with Crippen LogP contribution in [-0.2, 0) is 24.4 Å². The van der Waals surface area contributed by atoms with E-state index in [1.54, 1.807) is 0 Å². The molecule has 2 N–H and O–H groups in total. The fraction of sp³-hybridized carbons (Fsp3) is 0.417. The maximum atomic E-state index is 11.9. The standard InChI is InChI=1S/C12H16O4S.C11H14O4S.CH4.Na.H2O/c1-9(2)8-17(14,15)11-6-4-10(5-7-11)12(13)16-3;1-8(2)7-16(14,15)10-5-3-9(4-6-10)11(12)13;;;/h4-7,9H,8H2,1-3H3;3-6,8H,7H2,1-2H3,(H,12,13);1H4;;1H2/q;;;+1;/p-1. The van der Waals surface area contributed by atoms with Crippen molar-refractivity contribution >= 4 is 31.6 Å². The first-order valence-corrected chi connectivity index (χ1v) is 13.5. The van der Waals surface area contributed by atoms with Crippen molar-refractivity contribution in [3.05, 3.63) is 59.7 Å². The van der Waals surface area contributed by atoms with Crippen LogP contribution in [0, 0.1) is 11.8 Å². The summed E-state index contributed by atoms with van der Waals surface area (Å²) in [5.41, 5.74) is 0.430. The van der Waals surface area contributed by atoms with Crippen LogP contribution in [-0.4, -0.2) is 58.0 Å². The number of carbonyl (C=O) groups excluding carboxylic acids is 1. The van der Waals surface area contributed by atoms with Crippen molar-refractivity contribution in [3.8, 4) is 0 Å². The minimum atomic E-state index is -3.29. The van der Waals surface area contributed by atoms with Gasteiger partial charge in [0.05, 0.1) is 39.5 Å². The van der Waals surface area contributed by atoms with Gasteiger partial charge < -0.3 is 15.3 Å². The fourth-order valence-corrected chi connectivity index (χ4v) is 6.03. The number of rotatable bonds is 8. The first kappa shape index (κ1) is 38.8.